The summed E-state index contributed by atoms with van der Waals surface area (Å²) in [6, 6.07) is 12.3. The Labute approximate surface area is 175 Å². The van der Waals surface area contributed by atoms with Crippen molar-refractivity contribution in [2.75, 3.05) is 5.32 Å². The molecule has 0 saturated carbocycles. The van der Waals surface area contributed by atoms with E-state index in [2.05, 4.69) is 15.4 Å². The van der Waals surface area contributed by atoms with Crippen molar-refractivity contribution in [2.45, 2.75) is 13.5 Å². The number of carbonyl (C=O) groups is 1. The number of fused-ring (bicyclic) bond motifs is 1. The molecule has 4 rings (SSSR count). The fourth-order valence-electron chi connectivity index (χ4n) is 2.96. The van der Waals surface area contributed by atoms with Crippen LogP contribution in [0.1, 0.15) is 5.56 Å². The number of anilines is 1. The third-order valence-corrected chi connectivity index (χ3v) is 4.98. The zero-order valence-electron chi connectivity index (χ0n) is 15.3. The maximum Gasteiger partial charge on any atom is 0.264 e. The number of hydrogen-bond donors (Lipinski definition) is 1. The van der Waals surface area contributed by atoms with Crippen molar-refractivity contribution in [3.05, 3.63) is 81.0 Å². The summed E-state index contributed by atoms with van der Waals surface area (Å²) < 4.78 is 2.79. The quantitative estimate of drug-likeness (QED) is 0.536. The van der Waals surface area contributed by atoms with Crippen LogP contribution in [-0.4, -0.2) is 25.2 Å². The lowest BCUT2D eigenvalue weighted by molar-refractivity contribution is -0.116. The van der Waals surface area contributed by atoms with Gasteiger partial charge in [0, 0.05) is 5.02 Å². The summed E-state index contributed by atoms with van der Waals surface area (Å²) >= 11 is 12.1. The SMILES string of the molecule is Cc1ccc(Cl)cc1-n1ncc2c(=O)n(CC(=O)Nc3ccccc3Cl)cnc21. The smallest absolute Gasteiger partial charge is 0.264 e. The zero-order chi connectivity index (χ0) is 20.5. The van der Waals surface area contributed by atoms with Crippen molar-refractivity contribution in [1.29, 1.82) is 0 Å². The highest BCUT2D eigenvalue weighted by atomic mass is 35.5. The maximum absolute atomic E-state index is 12.8. The van der Waals surface area contributed by atoms with Crippen LogP contribution >= 0.6 is 23.2 Å². The predicted octanol–water partition coefficient (Wildman–Crippen LogP) is 3.84. The molecule has 7 nitrogen and oxygen atoms in total. The molecule has 9 heteroatoms. The predicted molar refractivity (Wildman–Crippen MR) is 113 cm³/mol. The van der Waals surface area contributed by atoms with Gasteiger partial charge < -0.3 is 5.32 Å². The van der Waals surface area contributed by atoms with Crippen LogP contribution in [0, 0.1) is 6.92 Å². The molecule has 1 amide bonds. The molecule has 0 aliphatic carbocycles. The number of aromatic nitrogens is 4. The number of hydrogen-bond acceptors (Lipinski definition) is 4. The number of carbonyl (C=O) groups excluding carboxylic acids is 1. The molecule has 146 valence electrons. The van der Waals surface area contributed by atoms with Crippen molar-refractivity contribution < 1.29 is 4.79 Å². The van der Waals surface area contributed by atoms with E-state index in [4.69, 9.17) is 23.2 Å². The molecule has 0 spiro atoms. The molecule has 29 heavy (non-hydrogen) atoms. The van der Waals surface area contributed by atoms with Crippen molar-refractivity contribution in [1.82, 2.24) is 19.3 Å². The minimum Gasteiger partial charge on any atom is -0.323 e. The van der Waals surface area contributed by atoms with Crippen LogP contribution < -0.4 is 10.9 Å². The van der Waals surface area contributed by atoms with Gasteiger partial charge in [-0.3, -0.25) is 14.2 Å². The van der Waals surface area contributed by atoms with E-state index in [0.717, 1.165) is 11.3 Å². The molecule has 0 radical (unpaired) electrons. The van der Waals surface area contributed by atoms with Crippen LogP contribution in [0.15, 0.2) is 59.8 Å². The van der Waals surface area contributed by atoms with Gasteiger partial charge in [-0.1, -0.05) is 41.4 Å². The zero-order valence-corrected chi connectivity index (χ0v) is 16.8. The number of nitrogens with zero attached hydrogens (tertiary/aromatic N) is 4. The Morgan fingerprint density at radius 1 is 1.17 bits per heavy atom. The van der Waals surface area contributed by atoms with Crippen LogP contribution in [0.5, 0.6) is 0 Å². The van der Waals surface area contributed by atoms with E-state index >= 15 is 0 Å². The Hall–Kier alpha value is -3.16. The summed E-state index contributed by atoms with van der Waals surface area (Å²) in [5, 5.41) is 8.25. The molecule has 0 atom stereocenters. The molecular formula is C20H15Cl2N5O2. The third kappa shape index (κ3) is 3.74. The first-order valence-electron chi connectivity index (χ1n) is 8.68. The second-order valence-electron chi connectivity index (χ2n) is 6.43. The van der Waals surface area contributed by atoms with Gasteiger partial charge in [0.05, 0.1) is 22.6 Å². The van der Waals surface area contributed by atoms with E-state index in [0.29, 0.717) is 26.8 Å². The van der Waals surface area contributed by atoms with Crippen LogP contribution in [0.25, 0.3) is 16.7 Å². The Bertz CT molecular complexity index is 1300. The molecule has 4 aromatic rings. The van der Waals surface area contributed by atoms with E-state index in [-0.39, 0.29) is 18.0 Å². The molecular weight excluding hydrogens is 413 g/mol. The average molecular weight is 428 g/mol. The summed E-state index contributed by atoms with van der Waals surface area (Å²) in [6.07, 6.45) is 2.77. The van der Waals surface area contributed by atoms with E-state index in [1.165, 1.54) is 17.1 Å². The number of rotatable bonds is 4. The minimum atomic E-state index is -0.389. The van der Waals surface area contributed by atoms with Gasteiger partial charge in [0.1, 0.15) is 18.3 Å². The van der Waals surface area contributed by atoms with Gasteiger partial charge in [-0.15, -0.1) is 0 Å². The number of para-hydroxylation sites is 1. The highest BCUT2D eigenvalue weighted by Crippen LogP contribution is 2.22. The third-order valence-electron chi connectivity index (χ3n) is 4.42. The van der Waals surface area contributed by atoms with Crippen molar-refractivity contribution in [3.63, 3.8) is 0 Å². The van der Waals surface area contributed by atoms with Crippen LogP contribution in [0.4, 0.5) is 5.69 Å². The highest BCUT2D eigenvalue weighted by Gasteiger charge is 2.15. The van der Waals surface area contributed by atoms with Crippen molar-refractivity contribution in [3.8, 4) is 5.69 Å². The lowest BCUT2D eigenvalue weighted by Crippen LogP contribution is -2.28. The average Bonchev–Trinajstić information content (AvgIpc) is 3.12. The Kier molecular flexibility index (Phi) is 5.08. The fourth-order valence-corrected chi connectivity index (χ4v) is 3.30. The second-order valence-corrected chi connectivity index (χ2v) is 7.27. The molecule has 0 unspecified atom stereocenters. The summed E-state index contributed by atoms with van der Waals surface area (Å²) in [7, 11) is 0. The van der Waals surface area contributed by atoms with Gasteiger partial charge in [-0.05, 0) is 36.8 Å². The number of aryl methyl sites for hydroxylation is 1. The minimum absolute atomic E-state index is 0.200. The largest absolute Gasteiger partial charge is 0.323 e. The van der Waals surface area contributed by atoms with Gasteiger partial charge in [-0.25, -0.2) is 9.67 Å². The lowest BCUT2D eigenvalue weighted by Gasteiger charge is -2.09. The highest BCUT2D eigenvalue weighted by molar-refractivity contribution is 6.33. The number of nitrogens with one attached hydrogen (secondary N) is 1. The molecule has 2 aromatic carbocycles. The van der Waals surface area contributed by atoms with Crippen LogP contribution in [0.2, 0.25) is 10.0 Å². The number of amides is 1. The lowest BCUT2D eigenvalue weighted by atomic mass is 10.2. The molecule has 0 aliphatic rings. The first-order chi connectivity index (χ1) is 13.9. The molecule has 1 N–H and O–H groups in total. The normalized spacial score (nSPS) is 11.0. The molecule has 2 heterocycles. The fraction of sp³-hybridized carbons (Fsp3) is 0.100. The second kappa shape index (κ2) is 7.69. The summed E-state index contributed by atoms with van der Waals surface area (Å²) in [5.41, 5.74) is 2.17. The van der Waals surface area contributed by atoms with Crippen LogP contribution in [-0.2, 0) is 11.3 Å². The monoisotopic (exact) mass is 427 g/mol. The summed E-state index contributed by atoms with van der Waals surface area (Å²) in [6.45, 7) is 1.72. The van der Waals surface area contributed by atoms with Crippen LogP contribution in [0.3, 0.4) is 0 Å². The van der Waals surface area contributed by atoms with Gasteiger partial charge >= 0.3 is 0 Å². The van der Waals surface area contributed by atoms with Crippen molar-refractivity contribution >= 4 is 45.8 Å². The van der Waals surface area contributed by atoms with Gasteiger partial charge in [-0.2, -0.15) is 5.10 Å². The van der Waals surface area contributed by atoms with E-state index in [9.17, 15) is 9.59 Å². The number of halogens is 2. The van der Waals surface area contributed by atoms with E-state index < -0.39 is 0 Å². The van der Waals surface area contributed by atoms with E-state index in [1.807, 2.05) is 13.0 Å². The Balaban J connectivity index is 1.65. The maximum atomic E-state index is 12.8. The molecule has 0 fully saturated rings. The molecule has 2 aromatic heterocycles. The molecule has 0 aliphatic heterocycles. The Morgan fingerprint density at radius 3 is 2.76 bits per heavy atom. The summed E-state index contributed by atoms with van der Waals surface area (Å²) in [5.74, 6) is -0.389. The molecule has 0 saturated heterocycles. The Morgan fingerprint density at radius 2 is 1.97 bits per heavy atom. The van der Waals surface area contributed by atoms with Gasteiger partial charge in [0.15, 0.2) is 5.65 Å². The molecule has 0 bridgehead atoms. The first kappa shape index (κ1) is 19.2. The van der Waals surface area contributed by atoms with Gasteiger partial charge in [0.2, 0.25) is 5.91 Å². The topological polar surface area (TPSA) is 81.8 Å². The standard InChI is InChI=1S/C20H15Cl2N5O2/c1-12-6-7-13(21)8-17(12)27-19-14(9-24-27)20(29)26(11-23-19)10-18(28)25-16-5-3-2-4-15(16)22/h2-9,11H,10H2,1H3,(H,25,28). The first-order valence-corrected chi connectivity index (χ1v) is 9.44. The van der Waals surface area contributed by atoms with Crippen molar-refractivity contribution in [2.24, 2.45) is 0 Å². The van der Waals surface area contributed by atoms with Gasteiger partial charge in [0.25, 0.3) is 5.56 Å². The van der Waals surface area contributed by atoms with E-state index in [1.54, 1.807) is 41.1 Å². The number of benzene rings is 2. The summed E-state index contributed by atoms with van der Waals surface area (Å²) in [4.78, 5) is 29.5.